The van der Waals surface area contributed by atoms with Crippen LogP contribution in [-0.2, 0) is 13.1 Å². The first kappa shape index (κ1) is 12.2. The van der Waals surface area contributed by atoms with Crippen molar-refractivity contribution in [1.82, 2.24) is 9.88 Å². The van der Waals surface area contributed by atoms with Crippen molar-refractivity contribution in [3.63, 3.8) is 0 Å². The maximum atomic E-state index is 11.0. The van der Waals surface area contributed by atoms with E-state index in [0.717, 1.165) is 16.7 Å². The van der Waals surface area contributed by atoms with Gasteiger partial charge in [-0.25, -0.2) is 9.78 Å². The standard InChI is InChI=1S/C16H12N2O2/c19-16(20)18-10-13-8-9-17-15(14(13)11-18)7-6-12-4-2-1-3-5-12/h1-5,8-9H,10-11H2,(H,19,20). The third-order valence-electron chi connectivity index (χ3n) is 3.23. The summed E-state index contributed by atoms with van der Waals surface area (Å²) < 4.78 is 0. The number of fused-ring (bicyclic) bond motifs is 1. The molecule has 1 N–H and O–H groups in total. The van der Waals surface area contributed by atoms with Crippen molar-refractivity contribution in [2.75, 3.05) is 0 Å². The van der Waals surface area contributed by atoms with Gasteiger partial charge in [0.2, 0.25) is 0 Å². The maximum absolute atomic E-state index is 11.0. The normalized spacial score (nSPS) is 12.5. The van der Waals surface area contributed by atoms with Crippen LogP contribution >= 0.6 is 0 Å². The van der Waals surface area contributed by atoms with E-state index in [4.69, 9.17) is 5.11 Å². The van der Waals surface area contributed by atoms with E-state index >= 15 is 0 Å². The summed E-state index contributed by atoms with van der Waals surface area (Å²) in [6.45, 7) is 0.768. The molecule has 0 unspecified atom stereocenters. The molecule has 0 radical (unpaired) electrons. The molecule has 20 heavy (non-hydrogen) atoms. The summed E-state index contributed by atoms with van der Waals surface area (Å²) in [5, 5.41) is 9.05. The number of rotatable bonds is 0. The second-order valence-corrected chi connectivity index (χ2v) is 4.55. The van der Waals surface area contributed by atoms with Gasteiger partial charge in [0, 0.05) is 23.9 Å². The van der Waals surface area contributed by atoms with Crippen LogP contribution in [-0.4, -0.2) is 21.1 Å². The summed E-state index contributed by atoms with van der Waals surface area (Å²) in [6, 6.07) is 11.5. The molecule has 3 rings (SSSR count). The lowest BCUT2D eigenvalue weighted by atomic mass is 10.1. The number of benzene rings is 1. The minimum absolute atomic E-state index is 0.358. The molecule has 2 aromatic rings. The number of carbonyl (C=O) groups is 1. The number of hydrogen-bond donors (Lipinski definition) is 1. The van der Waals surface area contributed by atoms with Crippen LogP contribution in [0.2, 0.25) is 0 Å². The Labute approximate surface area is 116 Å². The lowest BCUT2D eigenvalue weighted by molar-refractivity contribution is 0.145. The summed E-state index contributed by atoms with van der Waals surface area (Å²) in [6.07, 6.45) is 0.766. The van der Waals surface area contributed by atoms with Crippen LogP contribution in [0.3, 0.4) is 0 Å². The highest BCUT2D eigenvalue weighted by Crippen LogP contribution is 2.24. The van der Waals surface area contributed by atoms with Crippen LogP contribution in [0.4, 0.5) is 4.79 Å². The Kier molecular flexibility index (Phi) is 3.10. The summed E-state index contributed by atoms with van der Waals surface area (Å²) >= 11 is 0. The van der Waals surface area contributed by atoms with Gasteiger partial charge in [0.25, 0.3) is 0 Å². The second kappa shape index (κ2) is 5.06. The van der Waals surface area contributed by atoms with Crippen LogP contribution in [0.25, 0.3) is 0 Å². The molecule has 98 valence electrons. The summed E-state index contributed by atoms with van der Waals surface area (Å²) in [7, 11) is 0. The van der Waals surface area contributed by atoms with Crippen LogP contribution in [0.5, 0.6) is 0 Å². The fourth-order valence-corrected chi connectivity index (χ4v) is 2.21. The molecule has 1 aliphatic rings. The molecule has 1 aromatic heterocycles. The molecule has 1 aliphatic heterocycles. The molecule has 2 heterocycles. The van der Waals surface area contributed by atoms with Crippen molar-refractivity contribution >= 4 is 6.09 Å². The summed E-state index contributed by atoms with van der Waals surface area (Å²) in [5.41, 5.74) is 3.48. The van der Waals surface area contributed by atoms with Crippen LogP contribution in [0.1, 0.15) is 22.4 Å². The topological polar surface area (TPSA) is 53.4 Å². The first-order valence-corrected chi connectivity index (χ1v) is 6.26. The average molecular weight is 264 g/mol. The molecular formula is C16H12N2O2. The van der Waals surface area contributed by atoms with Gasteiger partial charge in [-0.15, -0.1) is 0 Å². The zero-order valence-corrected chi connectivity index (χ0v) is 10.7. The largest absolute Gasteiger partial charge is 0.465 e. The molecule has 0 spiro atoms. The molecule has 0 atom stereocenters. The minimum Gasteiger partial charge on any atom is -0.465 e. The van der Waals surface area contributed by atoms with Gasteiger partial charge in [0.15, 0.2) is 0 Å². The van der Waals surface area contributed by atoms with E-state index in [9.17, 15) is 4.79 Å². The second-order valence-electron chi connectivity index (χ2n) is 4.55. The Bertz CT molecular complexity index is 714. The third kappa shape index (κ3) is 2.34. The van der Waals surface area contributed by atoms with Gasteiger partial charge in [-0.3, -0.25) is 4.90 Å². The van der Waals surface area contributed by atoms with Gasteiger partial charge in [-0.1, -0.05) is 24.1 Å². The number of carboxylic acid groups (broad SMARTS) is 1. The number of pyridine rings is 1. The average Bonchev–Trinajstić information content (AvgIpc) is 2.91. The van der Waals surface area contributed by atoms with Crippen LogP contribution < -0.4 is 0 Å². The lowest BCUT2D eigenvalue weighted by Crippen LogP contribution is -2.22. The van der Waals surface area contributed by atoms with Gasteiger partial charge in [0.05, 0.1) is 6.54 Å². The van der Waals surface area contributed by atoms with Gasteiger partial charge >= 0.3 is 6.09 Å². The molecule has 1 aromatic carbocycles. The van der Waals surface area contributed by atoms with Crippen molar-refractivity contribution in [2.24, 2.45) is 0 Å². The van der Waals surface area contributed by atoms with Gasteiger partial charge in [0.1, 0.15) is 5.69 Å². The molecule has 0 saturated heterocycles. The molecular weight excluding hydrogens is 252 g/mol. The quantitative estimate of drug-likeness (QED) is 0.744. The van der Waals surface area contributed by atoms with Crippen molar-refractivity contribution in [1.29, 1.82) is 0 Å². The highest BCUT2D eigenvalue weighted by atomic mass is 16.4. The minimum atomic E-state index is -0.914. The third-order valence-corrected chi connectivity index (χ3v) is 3.23. The van der Waals surface area contributed by atoms with Crippen LogP contribution in [0.15, 0.2) is 42.6 Å². The molecule has 1 amide bonds. The predicted molar refractivity (Wildman–Crippen MR) is 73.9 cm³/mol. The molecule has 0 saturated carbocycles. The smallest absolute Gasteiger partial charge is 0.407 e. The van der Waals surface area contributed by atoms with Crippen molar-refractivity contribution < 1.29 is 9.90 Å². The maximum Gasteiger partial charge on any atom is 0.407 e. The molecule has 0 bridgehead atoms. The monoisotopic (exact) mass is 264 g/mol. The van der Waals surface area contributed by atoms with E-state index in [1.165, 1.54) is 4.90 Å². The van der Waals surface area contributed by atoms with E-state index in [1.54, 1.807) is 6.20 Å². The molecule has 4 nitrogen and oxygen atoms in total. The number of amides is 1. The predicted octanol–water partition coefficient (Wildman–Crippen LogP) is 2.48. The van der Waals surface area contributed by atoms with E-state index < -0.39 is 6.09 Å². The Balaban J connectivity index is 1.93. The fraction of sp³-hybridized carbons (Fsp3) is 0.125. The van der Waals surface area contributed by atoms with E-state index in [2.05, 4.69) is 16.8 Å². The first-order valence-electron chi connectivity index (χ1n) is 6.26. The number of aromatic nitrogens is 1. The van der Waals surface area contributed by atoms with E-state index in [-0.39, 0.29) is 0 Å². The van der Waals surface area contributed by atoms with E-state index in [0.29, 0.717) is 18.8 Å². The van der Waals surface area contributed by atoms with Crippen molar-refractivity contribution in [3.05, 3.63) is 65.0 Å². The lowest BCUT2D eigenvalue weighted by Gasteiger charge is -2.08. The Hall–Kier alpha value is -2.80. The Morgan fingerprint density at radius 3 is 2.70 bits per heavy atom. The van der Waals surface area contributed by atoms with Gasteiger partial charge in [-0.05, 0) is 29.7 Å². The Morgan fingerprint density at radius 1 is 1.15 bits per heavy atom. The van der Waals surface area contributed by atoms with Gasteiger partial charge < -0.3 is 5.11 Å². The fourth-order valence-electron chi connectivity index (χ4n) is 2.21. The SMILES string of the molecule is O=C(O)N1Cc2ccnc(C#Cc3ccccc3)c2C1. The molecule has 0 fully saturated rings. The zero-order chi connectivity index (χ0) is 13.9. The van der Waals surface area contributed by atoms with Crippen molar-refractivity contribution in [2.45, 2.75) is 13.1 Å². The van der Waals surface area contributed by atoms with Gasteiger partial charge in [-0.2, -0.15) is 0 Å². The van der Waals surface area contributed by atoms with E-state index in [1.807, 2.05) is 36.4 Å². The number of nitrogens with zero attached hydrogens (tertiary/aromatic N) is 2. The van der Waals surface area contributed by atoms with Crippen molar-refractivity contribution in [3.8, 4) is 11.8 Å². The highest BCUT2D eigenvalue weighted by Gasteiger charge is 2.24. The molecule has 0 aliphatic carbocycles. The number of hydrogen-bond acceptors (Lipinski definition) is 2. The summed E-state index contributed by atoms with van der Waals surface area (Å²) in [5.74, 6) is 6.10. The summed E-state index contributed by atoms with van der Waals surface area (Å²) in [4.78, 5) is 16.7. The highest BCUT2D eigenvalue weighted by molar-refractivity contribution is 5.67. The first-order chi connectivity index (χ1) is 9.74. The Morgan fingerprint density at radius 2 is 1.95 bits per heavy atom. The van der Waals surface area contributed by atoms with Crippen LogP contribution in [0, 0.1) is 11.8 Å². The zero-order valence-electron chi connectivity index (χ0n) is 10.7. The molecule has 4 heteroatoms.